The highest BCUT2D eigenvalue weighted by Crippen LogP contribution is 2.19. The first-order valence-electron chi connectivity index (χ1n) is 6.21. The first kappa shape index (κ1) is 15.2. The van der Waals surface area contributed by atoms with Crippen LogP contribution in [0.2, 0.25) is 0 Å². The Morgan fingerprint density at radius 1 is 1.14 bits per heavy atom. The van der Waals surface area contributed by atoms with E-state index in [4.69, 9.17) is 5.26 Å². The monoisotopic (exact) mass is 304 g/mol. The van der Waals surface area contributed by atoms with Crippen LogP contribution in [0.4, 0.5) is 4.39 Å². The molecule has 0 aromatic heterocycles. The average Bonchev–Trinajstić information content (AvgIpc) is 2.47. The third-order valence-electron chi connectivity index (χ3n) is 3.00. The maximum atomic E-state index is 12.9. The van der Waals surface area contributed by atoms with Crippen molar-refractivity contribution in [2.45, 2.75) is 17.9 Å². The van der Waals surface area contributed by atoms with Crippen LogP contribution in [0, 0.1) is 17.1 Å². The summed E-state index contributed by atoms with van der Waals surface area (Å²) in [7, 11) is -3.83. The summed E-state index contributed by atoms with van der Waals surface area (Å²) in [6.07, 6.45) is 0. The van der Waals surface area contributed by atoms with Crippen LogP contribution in [-0.2, 0) is 10.0 Å². The number of benzene rings is 2. The van der Waals surface area contributed by atoms with Gasteiger partial charge in [0.25, 0.3) is 0 Å². The highest BCUT2D eigenvalue weighted by molar-refractivity contribution is 7.89. The Labute approximate surface area is 122 Å². The van der Waals surface area contributed by atoms with Gasteiger partial charge in [0, 0.05) is 6.04 Å². The number of nitrogens with zero attached hydrogens (tertiary/aromatic N) is 1. The standard InChI is InChI=1S/C15H13FN2O2S/c1-11(12-6-8-14(16)9-7-12)18-21(19,20)15-5-3-2-4-13(15)10-17/h2-9,11,18H,1H3/t11-/m0/s1. The van der Waals surface area contributed by atoms with E-state index in [1.54, 1.807) is 19.1 Å². The van der Waals surface area contributed by atoms with E-state index in [9.17, 15) is 12.8 Å². The van der Waals surface area contributed by atoms with E-state index < -0.39 is 16.1 Å². The molecule has 6 heteroatoms. The molecule has 4 nitrogen and oxygen atoms in total. The summed E-state index contributed by atoms with van der Waals surface area (Å²) in [6.45, 7) is 1.65. The Bertz CT molecular complexity index is 780. The second-order valence-corrected chi connectivity index (χ2v) is 6.18. The quantitative estimate of drug-likeness (QED) is 0.944. The Morgan fingerprint density at radius 3 is 2.38 bits per heavy atom. The van der Waals surface area contributed by atoms with Crippen LogP contribution in [0.25, 0.3) is 0 Å². The molecule has 0 fully saturated rings. The van der Waals surface area contributed by atoms with Gasteiger partial charge in [-0.05, 0) is 36.8 Å². The molecule has 0 aliphatic carbocycles. The van der Waals surface area contributed by atoms with Gasteiger partial charge in [-0.15, -0.1) is 0 Å². The van der Waals surface area contributed by atoms with Crippen molar-refractivity contribution in [3.05, 3.63) is 65.5 Å². The van der Waals surface area contributed by atoms with Gasteiger partial charge in [-0.2, -0.15) is 5.26 Å². The minimum Gasteiger partial charge on any atom is -0.207 e. The van der Waals surface area contributed by atoms with Gasteiger partial charge >= 0.3 is 0 Å². The summed E-state index contributed by atoms with van der Waals surface area (Å²) in [4.78, 5) is -0.0681. The number of nitrogens with one attached hydrogen (secondary N) is 1. The summed E-state index contributed by atoms with van der Waals surface area (Å²) in [6, 6.07) is 12.8. The molecule has 0 saturated heterocycles. The van der Waals surface area contributed by atoms with Crippen LogP contribution in [0.5, 0.6) is 0 Å². The fourth-order valence-corrected chi connectivity index (χ4v) is 3.30. The average molecular weight is 304 g/mol. The topological polar surface area (TPSA) is 70.0 Å². The van der Waals surface area contributed by atoms with Crippen LogP contribution in [0.15, 0.2) is 53.4 Å². The summed E-state index contributed by atoms with van der Waals surface area (Å²) in [5.74, 6) is -0.386. The lowest BCUT2D eigenvalue weighted by atomic mass is 10.1. The molecular formula is C15H13FN2O2S. The highest BCUT2D eigenvalue weighted by atomic mass is 32.2. The largest absolute Gasteiger partial charge is 0.242 e. The number of sulfonamides is 1. The molecule has 0 amide bonds. The normalized spacial score (nSPS) is 12.6. The zero-order valence-corrected chi connectivity index (χ0v) is 12.1. The van der Waals surface area contributed by atoms with Gasteiger partial charge in [0.2, 0.25) is 10.0 Å². The molecule has 0 aliphatic rings. The maximum Gasteiger partial charge on any atom is 0.242 e. The Kier molecular flexibility index (Phi) is 4.36. The molecule has 0 aliphatic heterocycles. The van der Waals surface area contributed by atoms with Crippen LogP contribution < -0.4 is 4.72 Å². The number of hydrogen-bond acceptors (Lipinski definition) is 3. The number of nitriles is 1. The zero-order chi connectivity index (χ0) is 15.5. The van der Waals surface area contributed by atoms with E-state index >= 15 is 0 Å². The predicted molar refractivity (Wildman–Crippen MR) is 76.3 cm³/mol. The molecule has 0 radical (unpaired) electrons. The molecule has 21 heavy (non-hydrogen) atoms. The Morgan fingerprint density at radius 2 is 1.76 bits per heavy atom. The maximum absolute atomic E-state index is 12.9. The Hall–Kier alpha value is -2.23. The molecule has 108 valence electrons. The zero-order valence-electron chi connectivity index (χ0n) is 11.2. The summed E-state index contributed by atoms with van der Waals surface area (Å²) in [5.41, 5.74) is 0.714. The molecule has 2 aromatic rings. The van der Waals surface area contributed by atoms with Crippen molar-refractivity contribution in [2.24, 2.45) is 0 Å². The summed E-state index contributed by atoms with van der Waals surface area (Å²) in [5, 5.41) is 8.98. The van der Waals surface area contributed by atoms with Gasteiger partial charge in [0.1, 0.15) is 11.9 Å². The fraction of sp³-hybridized carbons (Fsp3) is 0.133. The van der Waals surface area contributed by atoms with E-state index in [0.717, 1.165) is 0 Å². The van der Waals surface area contributed by atoms with Crippen molar-refractivity contribution in [1.82, 2.24) is 4.72 Å². The molecule has 0 heterocycles. The number of halogens is 1. The van der Waals surface area contributed by atoms with Crippen molar-refractivity contribution in [2.75, 3.05) is 0 Å². The molecule has 1 N–H and O–H groups in total. The molecule has 2 aromatic carbocycles. The predicted octanol–water partition coefficient (Wildman–Crippen LogP) is 2.74. The van der Waals surface area contributed by atoms with Gasteiger partial charge in [-0.25, -0.2) is 17.5 Å². The highest BCUT2D eigenvalue weighted by Gasteiger charge is 2.21. The van der Waals surface area contributed by atoms with Gasteiger partial charge in [0.15, 0.2) is 0 Å². The van der Waals surface area contributed by atoms with E-state index in [1.807, 2.05) is 6.07 Å². The number of hydrogen-bond donors (Lipinski definition) is 1. The van der Waals surface area contributed by atoms with Gasteiger partial charge < -0.3 is 0 Å². The molecule has 0 unspecified atom stereocenters. The van der Waals surface area contributed by atoms with E-state index in [1.165, 1.54) is 36.4 Å². The van der Waals surface area contributed by atoms with Gasteiger partial charge in [0.05, 0.1) is 10.5 Å². The molecule has 0 spiro atoms. The lowest BCUT2D eigenvalue weighted by Crippen LogP contribution is -2.27. The SMILES string of the molecule is C[C@H](NS(=O)(=O)c1ccccc1C#N)c1ccc(F)cc1. The second-order valence-electron chi connectivity index (χ2n) is 4.50. The van der Waals surface area contributed by atoms with Crippen LogP contribution >= 0.6 is 0 Å². The number of rotatable bonds is 4. The van der Waals surface area contributed by atoms with Crippen LogP contribution in [-0.4, -0.2) is 8.42 Å². The Balaban J connectivity index is 2.29. The van der Waals surface area contributed by atoms with Crippen LogP contribution in [0.1, 0.15) is 24.1 Å². The summed E-state index contributed by atoms with van der Waals surface area (Å²) < 4.78 is 40.0. The van der Waals surface area contributed by atoms with Crippen LogP contribution in [0.3, 0.4) is 0 Å². The van der Waals surface area contributed by atoms with E-state index in [-0.39, 0.29) is 16.3 Å². The van der Waals surface area contributed by atoms with Gasteiger partial charge in [-0.1, -0.05) is 24.3 Å². The van der Waals surface area contributed by atoms with Crippen molar-refractivity contribution in [3.8, 4) is 6.07 Å². The van der Waals surface area contributed by atoms with E-state index in [0.29, 0.717) is 5.56 Å². The first-order valence-corrected chi connectivity index (χ1v) is 7.69. The van der Waals surface area contributed by atoms with Crippen molar-refractivity contribution in [1.29, 1.82) is 5.26 Å². The lowest BCUT2D eigenvalue weighted by molar-refractivity contribution is 0.566. The molecule has 2 rings (SSSR count). The van der Waals surface area contributed by atoms with Crippen molar-refractivity contribution < 1.29 is 12.8 Å². The van der Waals surface area contributed by atoms with Crippen molar-refractivity contribution in [3.63, 3.8) is 0 Å². The molecular weight excluding hydrogens is 291 g/mol. The lowest BCUT2D eigenvalue weighted by Gasteiger charge is -2.15. The molecule has 0 saturated carbocycles. The smallest absolute Gasteiger partial charge is 0.207 e. The molecule has 0 bridgehead atoms. The van der Waals surface area contributed by atoms with E-state index in [2.05, 4.69) is 4.72 Å². The third kappa shape index (κ3) is 3.45. The fourth-order valence-electron chi connectivity index (χ4n) is 1.91. The minimum atomic E-state index is -3.83. The molecule has 1 atom stereocenters. The summed E-state index contributed by atoms with van der Waals surface area (Å²) >= 11 is 0. The van der Waals surface area contributed by atoms with Crippen molar-refractivity contribution >= 4 is 10.0 Å². The third-order valence-corrected chi connectivity index (χ3v) is 4.60. The first-order chi connectivity index (χ1) is 9.94. The van der Waals surface area contributed by atoms with Gasteiger partial charge in [-0.3, -0.25) is 0 Å². The second kappa shape index (κ2) is 6.04. The minimum absolute atomic E-state index is 0.0681.